The largest absolute Gasteiger partial charge is 0.477 e. The number of aryl methyl sites for hydroxylation is 1. The molecule has 0 unspecified atom stereocenters. The van der Waals surface area contributed by atoms with Crippen molar-refractivity contribution in [2.75, 3.05) is 0 Å². The van der Waals surface area contributed by atoms with E-state index in [-0.39, 0.29) is 5.41 Å². The van der Waals surface area contributed by atoms with Gasteiger partial charge in [-0.3, -0.25) is 4.68 Å². The summed E-state index contributed by atoms with van der Waals surface area (Å²) in [5, 5.41) is 14.0. The molecule has 0 atom stereocenters. The summed E-state index contributed by atoms with van der Waals surface area (Å²) in [4.78, 5) is 16.0. The van der Waals surface area contributed by atoms with Gasteiger partial charge < -0.3 is 5.11 Å². The highest BCUT2D eigenvalue weighted by atomic mass is 32.1. The predicted octanol–water partition coefficient (Wildman–Crippen LogP) is 2.54. The van der Waals surface area contributed by atoms with Crippen LogP contribution in [0.3, 0.4) is 0 Å². The van der Waals surface area contributed by atoms with Crippen molar-refractivity contribution in [2.45, 2.75) is 26.2 Å². The second kappa shape index (κ2) is 4.20. The van der Waals surface area contributed by atoms with Gasteiger partial charge in [0.25, 0.3) is 0 Å². The summed E-state index contributed by atoms with van der Waals surface area (Å²) < 4.78 is 1.67. The van der Waals surface area contributed by atoms with Gasteiger partial charge in [-0.2, -0.15) is 5.10 Å². The minimum absolute atomic E-state index is 0.287. The van der Waals surface area contributed by atoms with Gasteiger partial charge in [0.05, 0.1) is 11.9 Å². The molecule has 0 radical (unpaired) electrons. The number of carboxylic acid groups (broad SMARTS) is 1. The Balaban J connectivity index is 2.56. The third kappa shape index (κ3) is 2.28. The Labute approximate surface area is 109 Å². The highest BCUT2D eigenvalue weighted by molar-refractivity contribution is 7.17. The van der Waals surface area contributed by atoms with Crippen molar-refractivity contribution in [3.63, 3.8) is 0 Å². The van der Waals surface area contributed by atoms with Gasteiger partial charge in [0, 0.05) is 24.2 Å². The van der Waals surface area contributed by atoms with Crippen LogP contribution in [-0.2, 0) is 12.5 Å². The first kappa shape index (κ1) is 12.8. The molecule has 0 fully saturated rings. The highest BCUT2D eigenvalue weighted by Gasteiger charge is 2.27. The lowest BCUT2D eigenvalue weighted by atomic mass is 9.91. The van der Waals surface area contributed by atoms with Crippen LogP contribution in [0.4, 0.5) is 0 Å². The van der Waals surface area contributed by atoms with Crippen LogP contribution in [0.5, 0.6) is 0 Å². The first-order chi connectivity index (χ1) is 8.29. The van der Waals surface area contributed by atoms with Crippen molar-refractivity contribution >= 4 is 17.3 Å². The van der Waals surface area contributed by atoms with E-state index >= 15 is 0 Å². The van der Waals surface area contributed by atoms with Crippen molar-refractivity contribution in [1.82, 2.24) is 14.8 Å². The molecule has 0 spiro atoms. The Morgan fingerprint density at radius 2 is 2.11 bits per heavy atom. The van der Waals surface area contributed by atoms with Gasteiger partial charge in [-0.05, 0) is 0 Å². The smallest absolute Gasteiger partial charge is 0.347 e. The van der Waals surface area contributed by atoms with E-state index in [1.165, 1.54) is 11.3 Å². The van der Waals surface area contributed by atoms with Crippen LogP contribution in [0.25, 0.3) is 10.6 Å². The molecular weight excluding hydrogens is 250 g/mol. The molecular formula is C12H15N3O2S. The van der Waals surface area contributed by atoms with Gasteiger partial charge in [-0.1, -0.05) is 20.8 Å². The molecule has 2 heterocycles. The Bertz CT molecular complexity index is 593. The maximum atomic E-state index is 11.3. The first-order valence-electron chi connectivity index (χ1n) is 5.52. The molecule has 0 saturated heterocycles. The lowest BCUT2D eigenvalue weighted by molar-refractivity contribution is 0.0699. The topological polar surface area (TPSA) is 68.0 Å². The normalized spacial score (nSPS) is 11.8. The second-order valence-electron chi connectivity index (χ2n) is 5.15. The van der Waals surface area contributed by atoms with E-state index in [0.717, 1.165) is 5.56 Å². The maximum absolute atomic E-state index is 11.3. The van der Waals surface area contributed by atoms with Gasteiger partial charge in [-0.25, -0.2) is 9.78 Å². The van der Waals surface area contributed by atoms with Crippen molar-refractivity contribution < 1.29 is 9.90 Å². The van der Waals surface area contributed by atoms with Crippen LogP contribution in [0.15, 0.2) is 12.4 Å². The molecule has 0 aliphatic carbocycles. The summed E-state index contributed by atoms with van der Waals surface area (Å²) in [6, 6.07) is 0. The molecule has 5 nitrogen and oxygen atoms in total. The molecule has 0 aliphatic heterocycles. The fraction of sp³-hybridized carbons (Fsp3) is 0.417. The van der Waals surface area contributed by atoms with Gasteiger partial charge in [0.2, 0.25) is 0 Å². The Morgan fingerprint density at radius 3 is 2.50 bits per heavy atom. The summed E-state index contributed by atoms with van der Waals surface area (Å²) in [7, 11) is 1.82. The zero-order valence-corrected chi connectivity index (χ0v) is 11.6. The number of aromatic carboxylic acids is 1. The average Bonchev–Trinajstić information content (AvgIpc) is 2.81. The van der Waals surface area contributed by atoms with E-state index in [1.54, 1.807) is 10.9 Å². The predicted molar refractivity (Wildman–Crippen MR) is 70.0 cm³/mol. The second-order valence-corrected chi connectivity index (χ2v) is 6.15. The maximum Gasteiger partial charge on any atom is 0.347 e. The van der Waals surface area contributed by atoms with Crippen LogP contribution in [0, 0.1) is 0 Å². The lowest BCUT2D eigenvalue weighted by Crippen LogP contribution is -2.16. The minimum atomic E-state index is -0.924. The van der Waals surface area contributed by atoms with Gasteiger partial charge in [0.15, 0.2) is 0 Å². The zero-order chi connectivity index (χ0) is 13.5. The molecule has 0 aromatic carbocycles. The number of hydrogen-bond acceptors (Lipinski definition) is 4. The van der Waals surface area contributed by atoms with E-state index in [0.29, 0.717) is 15.6 Å². The van der Waals surface area contributed by atoms with E-state index in [1.807, 2.05) is 34.0 Å². The van der Waals surface area contributed by atoms with Crippen LogP contribution in [-0.4, -0.2) is 25.8 Å². The monoisotopic (exact) mass is 265 g/mol. The number of aromatic nitrogens is 3. The Kier molecular flexibility index (Phi) is 2.98. The molecule has 1 N–H and O–H groups in total. The third-order valence-electron chi connectivity index (χ3n) is 2.48. The van der Waals surface area contributed by atoms with E-state index in [2.05, 4.69) is 10.1 Å². The fourth-order valence-corrected chi connectivity index (χ4v) is 2.72. The van der Waals surface area contributed by atoms with Crippen molar-refractivity contribution in [3.05, 3.63) is 23.0 Å². The number of carboxylic acids is 1. The first-order valence-corrected chi connectivity index (χ1v) is 6.34. The number of rotatable bonds is 2. The van der Waals surface area contributed by atoms with Crippen LogP contribution >= 0.6 is 11.3 Å². The van der Waals surface area contributed by atoms with Crippen LogP contribution < -0.4 is 0 Å². The van der Waals surface area contributed by atoms with E-state index < -0.39 is 5.97 Å². The molecule has 96 valence electrons. The summed E-state index contributed by atoms with van der Waals surface area (Å²) in [6.45, 7) is 5.88. The Morgan fingerprint density at radius 1 is 1.44 bits per heavy atom. The summed E-state index contributed by atoms with van der Waals surface area (Å²) in [5.74, 6) is -0.924. The molecule has 0 aliphatic rings. The Hall–Kier alpha value is -1.69. The van der Waals surface area contributed by atoms with Gasteiger partial charge in [0.1, 0.15) is 9.88 Å². The van der Waals surface area contributed by atoms with Crippen molar-refractivity contribution in [1.29, 1.82) is 0 Å². The summed E-state index contributed by atoms with van der Waals surface area (Å²) in [6.07, 6.45) is 3.52. The number of thiazole rings is 1. The molecule has 0 amide bonds. The molecule has 2 rings (SSSR count). The third-order valence-corrected chi connectivity index (χ3v) is 3.58. The van der Waals surface area contributed by atoms with Crippen molar-refractivity contribution in [3.8, 4) is 10.6 Å². The fourth-order valence-electron chi connectivity index (χ4n) is 1.63. The molecule has 0 bridgehead atoms. The molecule has 2 aromatic rings. The highest BCUT2D eigenvalue weighted by Crippen LogP contribution is 2.34. The lowest BCUT2D eigenvalue weighted by Gasteiger charge is -2.15. The number of carbonyl (C=O) groups is 1. The number of nitrogens with zero attached hydrogens (tertiary/aromatic N) is 3. The van der Waals surface area contributed by atoms with E-state index in [9.17, 15) is 9.90 Å². The molecule has 18 heavy (non-hydrogen) atoms. The van der Waals surface area contributed by atoms with Gasteiger partial charge in [-0.15, -0.1) is 11.3 Å². The van der Waals surface area contributed by atoms with Gasteiger partial charge >= 0.3 is 5.97 Å². The average molecular weight is 265 g/mol. The quantitative estimate of drug-likeness (QED) is 0.906. The summed E-state index contributed by atoms with van der Waals surface area (Å²) in [5.41, 5.74) is 1.18. The standard InChI is InChI=1S/C12H15N3O2S/c1-12(2,3)9-8(11(16)17)18-10(14-9)7-5-13-15(4)6-7/h5-6H,1-4H3,(H,16,17). The summed E-state index contributed by atoms with van der Waals surface area (Å²) >= 11 is 1.20. The SMILES string of the molecule is Cn1cc(-c2nc(C(C)(C)C)c(C(=O)O)s2)cn1. The molecule has 0 saturated carbocycles. The zero-order valence-electron chi connectivity index (χ0n) is 10.8. The number of hydrogen-bond donors (Lipinski definition) is 1. The molecule has 2 aromatic heterocycles. The molecule has 6 heteroatoms. The minimum Gasteiger partial charge on any atom is -0.477 e. The van der Waals surface area contributed by atoms with E-state index in [4.69, 9.17) is 0 Å². The van der Waals surface area contributed by atoms with Crippen LogP contribution in [0.1, 0.15) is 36.1 Å². The van der Waals surface area contributed by atoms with Crippen LogP contribution in [0.2, 0.25) is 0 Å². The van der Waals surface area contributed by atoms with Crippen molar-refractivity contribution in [2.24, 2.45) is 7.05 Å².